The van der Waals surface area contributed by atoms with Crippen LogP contribution < -0.4 is 10.6 Å². The van der Waals surface area contributed by atoms with Crippen LogP contribution in [0.5, 0.6) is 0 Å². The number of pyridine rings is 1. The van der Waals surface area contributed by atoms with Crippen molar-refractivity contribution in [1.82, 2.24) is 19.8 Å². The molecule has 3 heterocycles. The topological polar surface area (TPSA) is 62.2 Å². The molecular formula is C34H32ClN5OS. The van der Waals surface area contributed by atoms with Gasteiger partial charge in [-0.05, 0) is 85.9 Å². The van der Waals surface area contributed by atoms with Crippen LogP contribution in [0.4, 0.5) is 5.69 Å². The molecule has 2 atom stereocenters. The van der Waals surface area contributed by atoms with Gasteiger partial charge in [0, 0.05) is 52.3 Å². The normalized spacial score (nSPS) is 16.6. The Morgan fingerprint density at radius 2 is 1.79 bits per heavy atom. The van der Waals surface area contributed by atoms with Crippen LogP contribution in [-0.2, 0) is 4.79 Å². The number of thiocarbonyl (C=S) groups is 1. The second-order valence-electron chi connectivity index (χ2n) is 10.7. The highest BCUT2D eigenvalue weighted by Crippen LogP contribution is 2.42. The highest BCUT2D eigenvalue weighted by molar-refractivity contribution is 7.80. The predicted molar refractivity (Wildman–Crippen MR) is 174 cm³/mol. The van der Waals surface area contributed by atoms with E-state index < -0.39 is 0 Å². The van der Waals surface area contributed by atoms with Crippen LogP contribution >= 0.6 is 23.8 Å². The molecule has 1 aliphatic rings. The Bertz CT molecular complexity index is 1800. The Kier molecular flexibility index (Phi) is 7.71. The number of nitrogens with one attached hydrogen (secondary N) is 2. The van der Waals surface area contributed by atoms with Crippen molar-refractivity contribution < 1.29 is 4.79 Å². The number of carbonyl (C=O) groups is 1. The SMILES string of the molecule is Cc1ccc(Cl)cc1-n1c(C)cc([C@@H]2[C@H](c3ccccn3)NC(=S)N2CCC(=O)Nc2cccc3ccccc23)c1C. The fraction of sp³-hybridized carbons (Fsp3) is 0.206. The third kappa shape index (κ3) is 5.26. The number of nitrogens with zero attached hydrogens (tertiary/aromatic N) is 3. The van der Waals surface area contributed by atoms with Crippen molar-refractivity contribution >= 4 is 51.3 Å². The zero-order valence-electron chi connectivity index (χ0n) is 23.8. The summed E-state index contributed by atoms with van der Waals surface area (Å²) in [5, 5.41) is 10.0. The Morgan fingerprint density at radius 1 is 1.00 bits per heavy atom. The molecule has 0 bridgehead atoms. The minimum Gasteiger partial charge on any atom is -0.352 e. The Balaban J connectivity index is 1.33. The number of amides is 1. The van der Waals surface area contributed by atoms with Crippen LogP contribution in [0.2, 0.25) is 5.02 Å². The van der Waals surface area contributed by atoms with Gasteiger partial charge < -0.3 is 20.1 Å². The summed E-state index contributed by atoms with van der Waals surface area (Å²) in [6.45, 7) is 6.78. The lowest BCUT2D eigenvalue weighted by Crippen LogP contribution is -2.33. The van der Waals surface area contributed by atoms with E-state index in [2.05, 4.69) is 51.9 Å². The second kappa shape index (κ2) is 11.6. The lowest BCUT2D eigenvalue weighted by atomic mass is 9.96. The molecule has 212 valence electrons. The molecule has 0 saturated carbocycles. The number of benzene rings is 3. The summed E-state index contributed by atoms with van der Waals surface area (Å²) in [7, 11) is 0. The summed E-state index contributed by atoms with van der Waals surface area (Å²) in [6, 6.07) is 27.8. The average molecular weight is 594 g/mol. The van der Waals surface area contributed by atoms with Gasteiger partial charge in [0.15, 0.2) is 5.11 Å². The van der Waals surface area contributed by atoms with Gasteiger partial charge in [-0.15, -0.1) is 0 Å². The van der Waals surface area contributed by atoms with Crippen molar-refractivity contribution in [3.8, 4) is 5.69 Å². The number of aryl methyl sites for hydroxylation is 2. The number of anilines is 1. The molecule has 5 aromatic rings. The Hall–Kier alpha value is -4.20. The molecular weight excluding hydrogens is 562 g/mol. The molecule has 8 heteroatoms. The monoisotopic (exact) mass is 593 g/mol. The molecule has 2 aromatic heterocycles. The van der Waals surface area contributed by atoms with Gasteiger partial charge in [-0.3, -0.25) is 9.78 Å². The first-order valence-corrected chi connectivity index (χ1v) is 14.8. The summed E-state index contributed by atoms with van der Waals surface area (Å²) in [4.78, 5) is 20.1. The van der Waals surface area contributed by atoms with Crippen LogP contribution in [0, 0.1) is 20.8 Å². The maximum absolute atomic E-state index is 13.3. The lowest BCUT2D eigenvalue weighted by Gasteiger charge is -2.28. The van der Waals surface area contributed by atoms with Crippen molar-refractivity contribution in [3.05, 3.63) is 124 Å². The number of rotatable bonds is 7. The van der Waals surface area contributed by atoms with Crippen LogP contribution in [0.1, 0.15) is 46.7 Å². The molecule has 2 N–H and O–H groups in total. The van der Waals surface area contributed by atoms with Crippen LogP contribution in [0.3, 0.4) is 0 Å². The van der Waals surface area contributed by atoms with E-state index in [0.717, 1.165) is 50.4 Å². The maximum Gasteiger partial charge on any atom is 0.226 e. The fourth-order valence-corrected chi connectivity index (χ4v) is 6.53. The number of fused-ring (bicyclic) bond motifs is 1. The first-order valence-electron chi connectivity index (χ1n) is 14.0. The van der Waals surface area contributed by atoms with Crippen molar-refractivity contribution in [3.63, 3.8) is 0 Å². The Labute approximate surface area is 256 Å². The zero-order valence-corrected chi connectivity index (χ0v) is 25.3. The molecule has 42 heavy (non-hydrogen) atoms. The van der Waals surface area contributed by atoms with E-state index >= 15 is 0 Å². The summed E-state index contributed by atoms with van der Waals surface area (Å²) < 4.78 is 2.25. The number of hydrogen-bond donors (Lipinski definition) is 2. The summed E-state index contributed by atoms with van der Waals surface area (Å²) in [6.07, 6.45) is 2.08. The summed E-state index contributed by atoms with van der Waals surface area (Å²) in [5.41, 5.74) is 7.22. The van der Waals surface area contributed by atoms with E-state index in [1.807, 2.05) is 78.9 Å². The van der Waals surface area contributed by atoms with E-state index in [9.17, 15) is 4.79 Å². The van der Waals surface area contributed by atoms with Gasteiger partial charge in [-0.25, -0.2) is 0 Å². The maximum atomic E-state index is 13.3. The quantitative estimate of drug-likeness (QED) is 0.190. The highest BCUT2D eigenvalue weighted by Gasteiger charge is 2.41. The van der Waals surface area contributed by atoms with Gasteiger partial charge in [0.05, 0.1) is 17.8 Å². The Morgan fingerprint density at radius 3 is 2.60 bits per heavy atom. The van der Waals surface area contributed by atoms with Crippen molar-refractivity contribution in [2.24, 2.45) is 0 Å². The molecule has 0 radical (unpaired) electrons. The third-order valence-corrected chi connectivity index (χ3v) is 8.63. The molecule has 1 saturated heterocycles. The largest absolute Gasteiger partial charge is 0.352 e. The number of halogens is 1. The third-order valence-electron chi connectivity index (χ3n) is 8.04. The van der Waals surface area contributed by atoms with Crippen molar-refractivity contribution in [2.75, 3.05) is 11.9 Å². The van der Waals surface area contributed by atoms with E-state index in [0.29, 0.717) is 16.7 Å². The van der Waals surface area contributed by atoms with Gasteiger partial charge in [0.2, 0.25) is 5.91 Å². The number of hydrogen-bond acceptors (Lipinski definition) is 3. The summed E-state index contributed by atoms with van der Waals surface area (Å²) >= 11 is 12.3. The van der Waals surface area contributed by atoms with E-state index in [1.54, 1.807) is 6.20 Å². The van der Waals surface area contributed by atoms with E-state index in [4.69, 9.17) is 23.8 Å². The molecule has 0 aliphatic carbocycles. The second-order valence-corrected chi connectivity index (χ2v) is 11.6. The fourth-order valence-electron chi connectivity index (χ4n) is 6.04. The predicted octanol–water partition coefficient (Wildman–Crippen LogP) is 7.61. The van der Waals surface area contributed by atoms with Gasteiger partial charge in [-0.2, -0.15) is 0 Å². The minimum atomic E-state index is -0.172. The number of carbonyl (C=O) groups excluding carboxylic acids is 1. The van der Waals surface area contributed by atoms with Gasteiger partial charge >= 0.3 is 0 Å². The summed E-state index contributed by atoms with van der Waals surface area (Å²) in [5.74, 6) is -0.0609. The minimum absolute atomic E-state index is 0.0609. The van der Waals surface area contributed by atoms with Crippen molar-refractivity contribution in [1.29, 1.82) is 0 Å². The molecule has 3 aromatic carbocycles. The van der Waals surface area contributed by atoms with E-state index in [1.165, 1.54) is 0 Å². The average Bonchev–Trinajstić information content (AvgIpc) is 3.47. The van der Waals surface area contributed by atoms with Crippen molar-refractivity contribution in [2.45, 2.75) is 39.3 Å². The van der Waals surface area contributed by atoms with E-state index in [-0.39, 0.29) is 24.4 Å². The molecule has 1 fully saturated rings. The molecule has 0 unspecified atom stereocenters. The van der Waals surface area contributed by atoms with Gasteiger partial charge in [0.25, 0.3) is 0 Å². The molecule has 0 spiro atoms. The smallest absolute Gasteiger partial charge is 0.226 e. The molecule has 6 rings (SSSR count). The van der Waals surface area contributed by atoms with Crippen LogP contribution in [-0.4, -0.2) is 32.0 Å². The first kappa shape index (κ1) is 27.9. The zero-order chi connectivity index (χ0) is 29.4. The van der Waals surface area contributed by atoms with Gasteiger partial charge in [-0.1, -0.05) is 60.1 Å². The standard InChI is InChI=1S/C34H32ClN5OS/c1-21-14-15-25(35)20-30(21)40-22(2)19-27(23(40)3)33-32(29-12-6-7-17-36-29)38-34(42)39(33)18-16-31(41)37-28-13-8-10-24-9-4-5-11-26(24)28/h4-15,17,19-20,32-33H,16,18H2,1-3H3,(H,37,41)(H,38,42)/t32-,33+/m0/s1. The van der Waals surface area contributed by atoms with Crippen LogP contribution in [0.25, 0.3) is 16.5 Å². The highest BCUT2D eigenvalue weighted by atomic mass is 35.5. The van der Waals surface area contributed by atoms with Crippen LogP contribution in [0.15, 0.2) is 91.1 Å². The first-order chi connectivity index (χ1) is 20.3. The number of aromatic nitrogens is 2. The molecule has 6 nitrogen and oxygen atoms in total. The lowest BCUT2D eigenvalue weighted by molar-refractivity contribution is -0.116. The molecule has 1 aliphatic heterocycles. The molecule has 1 amide bonds. The van der Waals surface area contributed by atoms with Gasteiger partial charge in [0.1, 0.15) is 0 Å².